The lowest BCUT2D eigenvalue weighted by Gasteiger charge is -2.26. The smallest absolute Gasteiger partial charge is 0.0472 e. The Kier molecular flexibility index (Phi) is 7.98. The summed E-state index contributed by atoms with van der Waals surface area (Å²) in [7, 11) is 0. The predicted octanol–water partition coefficient (Wildman–Crippen LogP) is 4.67. The fraction of sp³-hybridized carbons (Fsp3) is 0.684. The lowest BCUT2D eigenvalue weighted by molar-refractivity contribution is 0.123. The third-order valence-electron chi connectivity index (χ3n) is 3.65. The molecule has 1 N–H and O–H groups in total. The van der Waals surface area contributed by atoms with Gasteiger partial charge in [-0.3, -0.25) is 0 Å². The van der Waals surface area contributed by atoms with Crippen LogP contribution in [0.15, 0.2) is 24.3 Å². The van der Waals surface area contributed by atoms with Crippen LogP contribution in [0.3, 0.4) is 0 Å². The van der Waals surface area contributed by atoms with Crippen LogP contribution in [0.1, 0.15) is 64.0 Å². The number of aryl methyl sites for hydroxylation is 1. The number of ether oxygens (including phenoxy) is 1. The van der Waals surface area contributed by atoms with Crippen LogP contribution in [0, 0.1) is 6.92 Å². The summed E-state index contributed by atoms with van der Waals surface area (Å²) >= 11 is 0. The quantitative estimate of drug-likeness (QED) is 0.667. The molecule has 0 fully saturated rings. The Morgan fingerprint density at radius 2 is 1.95 bits per heavy atom. The Hall–Kier alpha value is -0.860. The summed E-state index contributed by atoms with van der Waals surface area (Å²) < 4.78 is 5.76. The molecule has 0 aliphatic rings. The Morgan fingerprint density at radius 1 is 1.19 bits per heavy atom. The van der Waals surface area contributed by atoms with E-state index in [0.717, 1.165) is 32.6 Å². The van der Waals surface area contributed by atoms with Gasteiger partial charge in [-0.15, -0.1) is 0 Å². The molecular weight excluding hydrogens is 258 g/mol. The van der Waals surface area contributed by atoms with Crippen molar-refractivity contribution in [2.24, 2.45) is 0 Å². The molecule has 0 saturated heterocycles. The molecular formula is C19H33NO. The summed E-state index contributed by atoms with van der Waals surface area (Å²) in [5.41, 5.74) is 2.91. The third kappa shape index (κ3) is 8.23. The molecule has 0 aliphatic carbocycles. The molecule has 1 aromatic carbocycles. The van der Waals surface area contributed by atoms with E-state index in [-0.39, 0.29) is 5.54 Å². The number of nitrogens with one attached hydrogen (secondary N) is 1. The molecule has 2 heteroatoms. The van der Waals surface area contributed by atoms with Gasteiger partial charge in [0, 0.05) is 25.3 Å². The highest BCUT2D eigenvalue weighted by Crippen LogP contribution is 2.21. The third-order valence-corrected chi connectivity index (χ3v) is 3.65. The molecule has 0 spiro atoms. The van der Waals surface area contributed by atoms with Crippen molar-refractivity contribution >= 4 is 0 Å². The van der Waals surface area contributed by atoms with Gasteiger partial charge in [0.05, 0.1) is 0 Å². The van der Waals surface area contributed by atoms with Crippen LogP contribution in [0.25, 0.3) is 0 Å². The summed E-state index contributed by atoms with van der Waals surface area (Å²) in [6.07, 6.45) is 3.44. The normalized spacial score (nSPS) is 13.4. The molecule has 1 rings (SSSR count). The van der Waals surface area contributed by atoms with E-state index in [1.54, 1.807) is 0 Å². The van der Waals surface area contributed by atoms with Gasteiger partial charge in [-0.1, -0.05) is 43.2 Å². The van der Waals surface area contributed by atoms with Crippen molar-refractivity contribution in [2.45, 2.75) is 65.3 Å². The van der Waals surface area contributed by atoms with Crippen LogP contribution >= 0.6 is 0 Å². The fourth-order valence-electron chi connectivity index (χ4n) is 2.31. The van der Waals surface area contributed by atoms with E-state index in [1.807, 2.05) is 0 Å². The molecule has 2 nitrogen and oxygen atoms in total. The van der Waals surface area contributed by atoms with Gasteiger partial charge in [0.25, 0.3) is 0 Å². The van der Waals surface area contributed by atoms with Gasteiger partial charge in [-0.2, -0.15) is 0 Å². The molecule has 0 aromatic heterocycles. The lowest BCUT2D eigenvalue weighted by atomic mass is 9.93. The summed E-state index contributed by atoms with van der Waals surface area (Å²) in [5, 5.41) is 3.64. The molecule has 120 valence electrons. The van der Waals surface area contributed by atoms with E-state index in [4.69, 9.17) is 4.74 Å². The van der Waals surface area contributed by atoms with Gasteiger partial charge in [0.2, 0.25) is 0 Å². The molecule has 1 unspecified atom stereocenters. The number of rotatable bonds is 9. The minimum absolute atomic E-state index is 0.158. The number of benzene rings is 1. The van der Waals surface area contributed by atoms with Gasteiger partial charge >= 0.3 is 0 Å². The largest absolute Gasteiger partial charge is 0.381 e. The van der Waals surface area contributed by atoms with Crippen LogP contribution in [0.4, 0.5) is 0 Å². The maximum Gasteiger partial charge on any atom is 0.0472 e. The van der Waals surface area contributed by atoms with Crippen molar-refractivity contribution in [3.63, 3.8) is 0 Å². The Balaban J connectivity index is 2.57. The van der Waals surface area contributed by atoms with Gasteiger partial charge in [0.1, 0.15) is 0 Å². The van der Waals surface area contributed by atoms with E-state index in [0.29, 0.717) is 5.92 Å². The molecule has 0 aliphatic heterocycles. The van der Waals surface area contributed by atoms with Gasteiger partial charge in [0.15, 0.2) is 0 Å². The van der Waals surface area contributed by atoms with Crippen LogP contribution in [0.2, 0.25) is 0 Å². The fourth-order valence-corrected chi connectivity index (χ4v) is 2.31. The summed E-state index contributed by atoms with van der Waals surface area (Å²) in [4.78, 5) is 0. The monoisotopic (exact) mass is 291 g/mol. The second-order valence-corrected chi connectivity index (χ2v) is 7.00. The second kappa shape index (κ2) is 9.22. The predicted molar refractivity (Wildman–Crippen MR) is 92.0 cm³/mol. The maximum atomic E-state index is 5.76. The van der Waals surface area contributed by atoms with Crippen molar-refractivity contribution in [2.75, 3.05) is 19.8 Å². The highest BCUT2D eigenvalue weighted by Gasteiger charge is 2.16. The summed E-state index contributed by atoms with van der Waals surface area (Å²) in [6, 6.07) is 8.87. The Morgan fingerprint density at radius 3 is 2.57 bits per heavy atom. The van der Waals surface area contributed by atoms with Crippen molar-refractivity contribution in [3.8, 4) is 0 Å². The molecule has 0 heterocycles. The lowest BCUT2D eigenvalue weighted by Crippen LogP contribution is -2.38. The van der Waals surface area contributed by atoms with E-state index in [2.05, 4.69) is 64.2 Å². The van der Waals surface area contributed by atoms with Crippen molar-refractivity contribution in [1.29, 1.82) is 0 Å². The molecule has 0 radical (unpaired) electrons. The van der Waals surface area contributed by atoms with Crippen LogP contribution in [0.5, 0.6) is 0 Å². The zero-order valence-corrected chi connectivity index (χ0v) is 14.5. The highest BCUT2D eigenvalue weighted by molar-refractivity contribution is 5.25. The molecule has 1 aromatic rings. The van der Waals surface area contributed by atoms with Gasteiger partial charge in [-0.25, -0.2) is 0 Å². The van der Waals surface area contributed by atoms with Crippen molar-refractivity contribution in [3.05, 3.63) is 35.4 Å². The highest BCUT2D eigenvalue weighted by atomic mass is 16.5. The number of hydrogen-bond acceptors (Lipinski definition) is 2. The molecule has 21 heavy (non-hydrogen) atoms. The van der Waals surface area contributed by atoms with E-state index in [1.165, 1.54) is 17.5 Å². The number of hydrogen-bond donors (Lipinski definition) is 1. The maximum absolute atomic E-state index is 5.76. The first-order valence-corrected chi connectivity index (χ1v) is 8.31. The first-order chi connectivity index (χ1) is 9.92. The minimum Gasteiger partial charge on any atom is -0.381 e. The van der Waals surface area contributed by atoms with E-state index in [9.17, 15) is 0 Å². The van der Waals surface area contributed by atoms with E-state index >= 15 is 0 Å². The SMILES string of the molecule is CCCCOCCC(CNC(C)(C)C)c1cccc(C)c1. The molecule has 0 amide bonds. The Labute approximate surface area is 131 Å². The molecule has 1 atom stereocenters. The van der Waals surface area contributed by atoms with E-state index < -0.39 is 0 Å². The summed E-state index contributed by atoms with van der Waals surface area (Å²) in [5.74, 6) is 0.519. The number of unbranched alkanes of at least 4 members (excludes halogenated alkanes) is 1. The van der Waals surface area contributed by atoms with Crippen LogP contribution in [-0.2, 0) is 4.74 Å². The first kappa shape index (κ1) is 18.2. The first-order valence-electron chi connectivity index (χ1n) is 8.31. The van der Waals surface area contributed by atoms with Crippen LogP contribution < -0.4 is 5.32 Å². The van der Waals surface area contributed by atoms with Crippen LogP contribution in [-0.4, -0.2) is 25.3 Å². The minimum atomic E-state index is 0.158. The van der Waals surface area contributed by atoms with Crippen molar-refractivity contribution < 1.29 is 4.74 Å². The average molecular weight is 291 g/mol. The standard InChI is InChI=1S/C19H33NO/c1-6-7-12-21-13-11-18(15-20-19(3,4)5)17-10-8-9-16(2)14-17/h8-10,14,18,20H,6-7,11-13,15H2,1-5H3. The second-order valence-electron chi connectivity index (χ2n) is 7.00. The van der Waals surface area contributed by atoms with Gasteiger partial charge < -0.3 is 10.1 Å². The van der Waals surface area contributed by atoms with Gasteiger partial charge in [-0.05, 0) is 52.0 Å². The zero-order chi connectivity index (χ0) is 15.7. The molecule has 0 saturated carbocycles. The Bertz CT molecular complexity index is 395. The average Bonchev–Trinajstić information content (AvgIpc) is 2.40. The summed E-state index contributed by atoms with van der Waals surface area (Å²) in [6.45, 7) is 13.8. The van der Waals surface area contributed by atoms with Crippen molar-refractivity contribution in [1.82, 2.24) is 5.32 Å². The zero-order valence-electron chi connectivity index (χ0n) is 14.5. The molecule has 0 bridgehead atoms. The topological polar surface area (TPSA) is 21.3 Å².